The SMILES string of the molecule is CCOCC(C)OCCn1cc(CNC2CC2)nn1. The normalized spacial score (nSPS) is 16.7. The van der Waals surface area contributed by atoms with Gasteiger partial charge in [0.1, 0.15) is 0 Å². The Hall–Kier alpha value is -0.980. The van der Waals surface area contributed by atoms with Gasteiger partial charge in [-0.15, -0.1) is 5.10 Å². The minimum absolute atomic E-state index is 0.125. The summed E-state index contributed by atoms with van der Waals surface area (Å²) in [4.78, 5) is 0. The second-order valence-corrected chi connectivity index (χ2v) is 4.97. The summed E-state index contributed by atoms with van der Waals surface area (Å²) < 4.78 is 12.8. The monoisotopic (exact) mass is 268 g/mol. The van der Waals surface area contributed by atoms with Crippen molar-refractivity contribution < 1.29 is 9.47 Å². The number of rotatable bonds is 10. The molecule has 6 heteroatoms. The van der Waals surface area contributed by atoms with Gasteiger partial charge in [-0.1, -0.05) is 5.21 Å². The van der Waals surface area contributed by atoms with Gasteiger partial charge in [-0.25, -0.2) is 4.68 Å². The molecule has 1 heterocycles. The Labute approximate surface area is 114 Å². The van der Waals surface area contributed by atoms with Gasteiger partial charge >= 0.3 is 0 Å². The Morgan fingerprint density at radius 2 is 2.37 bits per heavy atom. The third kappa shape index (κ3) is 5.67. The predicted octanol–water partition coefficient (Wildman–Crippen LogP) is 0.972. The molecule has 1 saturated carbocycles. The van der Waals surface area contributed by atoms with E-state index in [-0.39, 0.29) is 6.10 Å². The molecule has 1 aliphatic carbocycles. The summed E-state index contributed by atoms with van der Waals surface area (Å²) in [6.45, 7) is 7.55. The smallest absolute Gasteiger partial charge is 0.0964 e. The van der Waals surface area contributed by atoms with E-state index in [4.69, 9.17) is 9.47 Å². The van der Waals surface area contributed by atoms with Gasteiger partial charge in [-0.3, -0.25) is 0 Å². The van der Waals surface area contributed by atoms with Crippen molar-refractivity contribution in [3.63, 3.8) is 0 Å². The fourth-order valence-electron chi connectivity index (χ4n) is 1.74. The van der Waals surface area contributed by atoms with Gasteiger partial charge in [-0.05, 0) is 26.7 Å². The van der Waals surface area contributed by atoms with Crippen LogP contribution in [0.1, 0.15) is 32.4 Å². The van der Waals surface area contributed by atoms with Crippen LogP contribution in [0, 0.1) is 0 Å². The van der Waals surface area contributed by atoms with Crippen molar-refractivity contribution >= 4 is 0 Å². The second-order valence-electron chi connectivity index (χ2n) is 4.97. The fourth-order valence-corrected chi connectivity index (χ4v) is 1.74. The van der Waals surface area contributed by atoms with E-state index in [0.717, 1.165) is 25.4 Å². The zero-order chi connectivity index (χ0) is 13.5. The average molecular weight is 268 g/mol. The van der Waals surface area contributed by atoms with Crippen LogP contribution in [-0.2, 0) is 22.6 Å². The van der Waals surface area contributed by atoms with E-state index in [1.165, 1.54) is 12.8 Å². The minimum Gasteiger partial charge on any atom is -0.379 e. The Bertz CT molecular complexity index is 365. The lowest BCUT2D eigenvalue weighted by atomic mass is 10.4. The van der Waals surface area contributed by atoms with Crippen molar-refractivity contribution in [3.05, 3.63) is 11.9 Å². The molecule has 1 aromatic heterocycles. The highest BCUT2D eigenvalue weighted by Crippen LogP contribution is 2.18. The first-order valence-electron chi connectivity index (χ1n) is 7.09. The first kappa shape index (κ1) is 14.4. The molecule has 1 unspecified atom stereocenters. The van der Waals surface area contributed by atoms with E-state index in [9.17, 15) is 0 Å². The molecule has 0 saturated heterocycles. The molecule has 0 bridgehead atoms. The zero-order valence-electron chi connectivity index (χ0n) is 11.8. The molecule has 1 aliphatic rings. The molecule has 19 heavy (non-hydrogen) atoms. The Kier molecular flexibility index (Phi) is 5.75. The number of hydrogen-bond acceptors (Lipinski definition) is 5. The first-order chi connectivity index (χ1) is 9.28. The molecule has 0 aliphatic heterocycles. The lowest BCUT2D eigenvalue weighted by Crippen LogP contribution is -2.19. The quantitative estimate of drug-likeness (QED) is 0.685. The van der Waals surface area contributed by atoms with Crippen LogP contribution < -0.4 is 5.32 Å². The fraction of sp³-hybridized carbons (Fsp3) is 0.846. The summed E-state index contributed by atoms with van der Waals surface area (Å²) in [5.41, 5.74) is 0.995. The molecule has 1 fully saturated rings. The van der Waals surface area contributed by atoms with Crippen LogP contribution in [0.2, 0.25) is 0 Å². The van der Waals surface area contributed by atoms with E-state index in [2.05, 4.69) is 15.6 Å². The maximum absolute atomic E-state index is 5.64. The van der Waals surface area contributed by atoms with Crippen LogP contribution in [0.5, 0.6) is 0 Å². The Balaban J connectivity index is 1.59. The molecule has 0 amide bonds. The van der Waals surface area contributed by atoms with Crippen LogP contribution in [0.3, 0.4) is 0 Å². The molecule has 0 aromatic carbocycles. The van der Waals surface area contributed by atoms with Gasteiger partial charge in [0.05, 0.1) is 31.6 Å². The van der Waals surface area contributed by atoms with Crippen molar-refractivity contribution in [1.82, 2.24) is 20.3 Å². The topological polar surface area (TPSA) is 61.2 Å². The van der Waals surface area contributed by atoms with Crippen LogP contribution in [0.4, 0.5) is 0 Å². The number of nitrogens with zero attached hydrogens (tertiary/aromatic N) is 3. The van der Waals surface area contributed by atoms with Crippen molar-refractivity contribution in [2.45, 2.75) is 51.9 Å². The maximum atomic E-state index is 5.64. The van der Waals surface area contributed by atoms with Crippen LogP contribution >= 0.6 is 0 Å². The summed E-state index contributed by atoms with van der Waals surface area (Å²) in [5, 5.41) is 11.6. The Morgan fingerprint density at radius 1 is 1.53 bits per heavy atom. The highest BCUT2D eigenvalue weighted by molar-refractivity contribution is 4.94. The van der Waals surface area contributed by atoms with Gasteiger partial charge in [0, 0.05) is 25.4 Å². The minimum atomic E-state index is 0.125. The van der Waals surface area contributed by atoms with Crippen molar-refractivity contribution in [1.29, 1.82) is 0 Å². The molecule has 1 aromatic rings. The highest BCUT2D eigenvalue weighted by Gasteiger charge is 2.20. The number of aromatic nitrogens is 3. The molecular formula is C13H24N4O2. The molecule has 0 spiro atoms. The van der Waals surface area contributed by atoms with Crippen LogP contribution in [-0.4, -0.2) is 47.0 Å². The summed E-state index contributed by atoms with van der Waals surface area (Å²) in [7, 11) is 0. The first-order valence-corrected chi connectivity index (χ1v) is 7.09. The number of ether oxygens (including phenoxy) is 2. The summed E-state index contributed by atoms with van der Waals surface area (Å²) in [6.07, 6.45) is 4.69. The standard InChI is InChI=1S/C13H24N4O2/c1-3-18-10-11(2)19-7-6-17-9-13(15-16-17)8-14-12-4-5-12/h9,11-12,14H,3-8,10H2,1-2H3. The molecule has 2 rings (SSSR count). The third-order valence-corrected chi connectivity index (χ3v) is 3.01. The summed E-state index contributed by atoms with van der Waals surface area (Å²) in [6, 6.07) is 0.702. The summed E-state index contributed by atoms with van der Waals surface area (Å²) >= 11 is 0. The molecule has 1 atom stereocenters. The third-order valence-electron chi connectivity index (χ3n) is 3.01. The van der Waals surface area contributed by atoms with Gasteiger partial charge in [-0.2, -0.15) is 0 Å². The van der Waals surface area contributed by atoms with E-state index in [1.807, 2.05) is 24.7 Å². The van der Waals surface area contributed by atoms with Crippen molar-refractivity contribution in [2.24, 2.45) is 0 Å². The largest absolute Gasteiger partial charge is 0.379 e. The van der Waals surface area contributed by atoms with Gasteiger partial charge in [0.15, 0.2) is 0 Å². The van der Waals surface area contributed by atoms with Crippen molar-refractivity contribution in [2.75, 3.05) is 19.8 Å². The summed E-state index contributed by atoms with van der Waals surface area (Å²) in [5.74, 6) is 0. The lowest BCUT2D eigenvalue weighted by Gasteiger charge is -2.12. The average Bonchev–Trinajstić information content (AvgIpc) is 3.13. The molecule has 6 nitrogen and oxygen atoms in total. The van der Waals surface area contributed by atoms with Gasteiger partial charge < -0.3 is 14.8 Å². The molecule has 0 radical (unpaired) electrons. The molecule has 1 N–H and O–H groups in total. The predicted molar refractivity (Wildman–Crippen MR) is 71.8 cm³/mol. The molecule has 108 valence electrons. The van der Waals surface area contributed by atoms with E-state index in [0.29, 0.717) is 19.3 Å². The number of hydrogen-bond donors (Lipinski definition) is 1. The maximum Gasteiger partial charge on any atom is 0.0964 e. The van der Waals surface area contributed by atoms with Crippen LogP contribution in [0.15, 0.2) is 6.20 Å². The van der Waals surface area contributed by atoms with Crippen LogP contribution in [0.25, 0.3) is 0 Å². The van der Waals surface area contributed by atoms with Gasteiger partial charge in [0.25, 0.3) is 0 Å². The van der Waals surface area contributed by atoms with E-state index in [1.54, 1.807) is 0 Å². The zero-order valence-corrected chi connectivity index (χ0v) is 11.8. The van der Waals surface area contributed by atoms with E-state index < -0.39 is 0 Å². The Morgan fingerprint density at radius 3 is 3.11 bits per heavy atom. The van der Waals surface area contributed by atoms with E-state index >= 15 is 0 Å². The van der Waals surface area contributed by atoms with Gasteiger partial charge in [0.2, 0.25) is 0 Å². The van der Waals surface area contributed by atoms with Crippen molar-refractivity contribution in [3.8, 4) is 0 Å². The highest BCUT2D eigenvalue weighted by atomic mass is 16.5. The second kappa shape index (κ2) is 7.57. The molecular weight excluding hydrogens is 244 g/mol. The number of nitrogens with one attached hydrogen (secondary N) is 1. The lowest BCUT2D eigenvalue weighted by molar-refractivity contribution is -0.00688.